The van der Waals surface area contributed by atoms with Crippen LogP contribution >= 0.6 is 0 Å². The van der Waals surface area contributed by atoms with E-state index in [9.17, 15) is 9.00 Å². The van der Waals surface area contributed by atoms with Crippen LogP contribution in [0, 0.1) is 0 Å². The van der Waals surface area contributed by atoms with Gasteiger partial charge in [0, 0.05) is 34.9 Å². The monoisotopic (exact) mass is 296 g/mol. The highest BCUT2D eigenvalue weighted by Crippen LogP contribution is 2.29. The number of nitrogens with one attached hydrogen (secondary N) is 1. The lowest BCUT2D eigenvalue weighted by Gasteiger charge is -2.25. The molecule has 1 aliphatic heterocycles. The number of ether oxygens (including phenoxy) is 1. The van der Waals surface area contributed by atoms with Gasteiger partial charge >= 0.3 is 0 Å². The quantitative estimate of drug-likeness (QED) is 0.847. The summed E-state index contributed by atoms with van der Waals surface area (Å²) in [7, 11) is 0.804. The van der Waals surface area contributed by atoms with Crippen LogP contribution in [-0.2, 0) is 15.6 Å². The summed E-state index contributed by atoms with van der Waals surface area (Å²) in [6.07, 6.45) is 2.26. The maximum absolute atomic E-state index is 12.0. The number of amides is 1. The Bertz CT molecular complexity index is 507. The van der Waals surface area contributed by atoms with Crippen molar-refractivity contribution in [3.05, 3.63) is 29.8 Å². The summed E-state index contributed by atoms with van der Waals surface area (Å²) in [6.45, 7) is 0.937. The minimum Gasteiger partial charge on any atom is -0.496 e. The summed E-state index contributed by atoms with van der Waals surface area (Å²) in [5.74, 6) is 1.45. The van der Waals surface area contributed by atoms with Crippen LogP contribution in [0.2, 0.25) is 0 Å². The number of para-hydroxylation sites is 1. The first-order chi connectivity index (χ1) is 9.63. The molecule has 1 aliphatic rings. The smallest absolute Gasteiger partial charge is 0.238 e. The number of hydrogen-bond donors (Lipinski definition) is 1. The Hall–Kier alpha value is -1.40. The van der Waals surface area contributed by atoms with E-state index in [1.54, 1.807) is 18.3 Å². The van der Waals surface area contributed by atoms with Crippen LogP contribution in [0.15, 0.2) is 24.3 Å². The van der Waals surface area contributed by atoms with E-state index in [4.69, 9.17) is 4.74 Å². The van der Waals surface area contributed by atoms with Crippen molar-refractivity contribution in [2.75, 3.05) is 32.2 Å². The Morgan fingerprint density at radius 3 is 2.90 bits per heavy atom. The molecule has 1 saturated heterocycles. The number of rotatable bonds is 6. The molecule has 0 spiro atoms. The number of benzene rings is 1. The Balaban J connectivity index is 2.13. The molecule has 1 aromatic carbocycles. The van der Waals surface area contributed by atoms with Gasteiger partial charge < -0.3 is 9.64 Å². The number of carbonyl (C=O) groups is 1. The lowest BCUT2D eigenvalue weighted by molar-refractivity contribution is -0.128. The second-order valence-corrected chi connectivity index (χ2v) is 6.30. The Morgan fingerprint density at radius 2 is 2.20 bits per heavy atom. The lowest BCUT2D eigenvalue weighted by atomic mass is 10.1. The van der Waals surface area contributed by atoms with Crippen molar-refractivity contribution in [2.24, 2.45) is 0 Å². The SMILES string of the molecule is COc1ccccc1C1NCC(=O)N1CCCS(C)=O. The topological polar surface area (TPSA) is 58.6 Å². The summed E-state index contributed by atoms with van der Waals surface area (Å²) in [4.78, 5) is 13.8. The second-order valence-electron chi connectivity index (χ2n) is 4.74. The highest BCUT2D eigenvalue weighted by Gasteiger charge is 2.32. The van der Waals surface area contributed by atoms with Gasteiger partial charge in [0.15, 0.2) is 0 Å². The molecule has 1 aromatic rings. The third-order valence-corrected chi connectivity index (χ3v) is 4.21. The average Bonchev–Trinajstić information content (AvgIpc) is 2.80. The number of hydrogen-bond acceptors (Lipinski definition) is 4. The van der Waals surface area contributed by atoms with Crippen LogP contribution in [0.4, 0.5) is 0 Å². The molecule has 0 aromatic heterocycles. The lowest BCUT2D eigenvalue weighted by Crippen LogP contribution is -2.32. The molecule has 2 rings (SSSR count). The van der Waals surface area contributed by atoms with Crippen molar-refractivity contribution in [2.45, 2.75) is 12.6 Å². The maximum Gasteiger partial charge on any atom is 0.238 e. The van der Waals surface area contributed by atoms with E-state index >= 15 is 0 Å². The predicted molar refractivity (Wildman–Crippen MR) is 79.0 cm³/mol. The summed E-state index contributed by atoms with van der Waals surface area (Å²) >= 11 is 0. The highest BCUT2D eigenvalue weighted by molar-refractivity contribution is 7.84. The summed E-state index contributed by atoms with van der Waals surface area (Å²) in [5.41, 5.74) is 0.957. The van der Waals surface area contributed by atoms with Crippen molar-refractivity contribution in [1.29, 1.82) is 0 Å². The van der Waals surface area contributed by atoms with Gasteiger partial charge in [0.25, 0.3) is 0 Å². The van der Waals surface area contributed by atoms with Crippen LogP contribution < -0.4 is 10.1 Å². The van der Waals surface area contributed by atoms with Crippen LogP contribution in [0.3, 0.4) is 0 Å². The molecule has 0 radical (unpaired) electrons. The highest BCUT2D eigenvalue weighted by atomic mass is 32.2. The molecule has 0 bridgehead atoms. The molecular formula is C14H20N2O3S. The van der Waals surface area contributed by atoms with E-state index in [1.807, 2.05) is 24.3 Å². The van der Waals surface area contributed by atoms with Crippen molar-refractivity contribution in [1.82, 2.24) is 10.2 Å². The van der Waals surface area contributed by atoms with E-state index in [1.165, 1.54) is 0 Å². The molecule has 2 unspecified atom stereocenters. The zero-order valence-corrected chi connectivity index (χ0v) is 12.6. The van der Waals surface area contributed by atoms with E-state index in [0.29, 0.717) is 18.8 Å². The van der Waals surface area contributed by atoms with Gasteiger partial charge in [0.1, 0.15) is 11.9 Å². The zero-order valence-electron chi connectivity index (χ0n) is 11.8. The number of methoxy groups -OCH3 is 1. The third kappa shape index (κ3) is 3.37. The number of nitrogens with zero attached hydrogens (tertiary/aromatic N) is 1. The molecule has 1 fully saturated rings. The first-order valence-corrected chi connectivity index (χ1v) is 8.32. The average molecular weight is 296 g/mol. The summed E-state index contributed by atoms with van der Waals surface area (Å²) in [6, 6.07) is 7.68. The van der Waals surface area contributed by atoms with Gasteiger partial charge in [-0.1, -0.05) is 18.2 Å². The Morgan fingerprint density at radius 1 is 1.45 bits per heavy atom. The van der Waals surface area contributed by atoms with Gasteiger partial charge in [-0.05, 0) is 12.5 Å². The van der Waals surface area contributed by atoms with Crippen LogP contribution in [0.25, 0.3) is 0 Å². The molecule has 20 heavy (non-hydrogen) atoms. The van der Waals surface area contributed by atoms with Crippen molar-refractivity contribution in [3.63, 3.8) is 0 Å². The Labute approximate surface area is 121 Å². The number of carbonyl (C=O) groups excluding carboxylic acids is 1. The van der Waals surface area contributed by atoms with E-state index in [2.05, 4.69) is 5.32 Å². The fraction of sp³-hybridized carbons (Fsp3) is 0.500. The van der Waals surface area contributed by atoms with Crippen molar-refractivity contribution >= 4 is 16.7 Å². The van der Waals surface area contributed by atoms with Gasteiger partial charge in [-0.3, -0.25) is 14.3 Å². The second kappa shape index (κ2) is 6.85. The van der Waals surface area contributed by atoms with E-state index < -0.39 is 10.8 Å². The van der Waals surface area contributed by atoms with Gasteiger partial charge in [0.2, 0.25) is 5.91 Å². The normalized spacial score (nSPS) is 20.2. The molecule has 0 saturated carbocycles. The molecule has 1 N–H and O–H groups in total. The summed E-state index contributed by atoms with van der Waals surface area (Å²) < 4.78 is 16.5. The van der Waals surface area contributed by atoms with Crippen LogP contribution in [0.1, 0.15) is 18.2 Å². The largest absolute Gasteiger partial charge is 0.496 e. The minimum atomic E-state index is -0.822. The predicted octanol–water partition coefficient (Wildman–Crippen LogP) is 0.894. The minimum absolute atomic E-state index is 0.0720. The molecule has 2 atom stereocenters. The molecular weight excluding hydrogens is 276 g/mol. The Kier molecular flexibility index (Phi) is 5.14. The fourth-order valence-electron chi connectivity index (χ4n) is 2.40. The summed E-state index contributed by atoms with van der Waals surface area (Å²) in [5, 5.41) is 3.21. The first-order valence-electron chi connectivity index (χ1n) is 6.59. The van der Waals surface area contributed by atoms with Gasteiger partial charge in [-0.2, -0.15) is 0 Å². The van der Waals surface area contributed by atoms with E-state index in [0.717, 1.165) is 17.7 Å². The zero-order chi connectivity index (χ0) is 14.5. The van der Waals surface area contributed by atoms with Gasteiger partial charge in [-0.15, -0.1) is 0 Å². The van der Waals surface area contributed by atoms with Gasteiger partial charge in [0.05, 0.1) is 13.7 Å². The first kappa shape index (κ1) is 15.0. The van der Waals surface area contributed by atoms with Gasteiger partial charge in [-0.25, -0.2) is 0 Å². The molecule has 110 valence electrons. The van der Waals surface area contributed by atoms with Crippen LogP contribution in [0.5, 0.6) is 5.75 Å². The van der Waals surface area contributed by atoms with Crippen LogP contribution in [-0.4, -0.2) is 47.2 Å². The third-order valence-electron chi connectivity index (χ3n) is 3.34. The maximum atomic E-state index is 12.0. The molecule has 0 aliphatic carbocycles. The van der Waals surface area contributed by atoms with Crippen molar-refractivity contribution in [3.8, 4) is 5.75 Å². The molecule has 1 amide bonds. The molecule has 1 heterocycles. The van der Waals surface area contributed by atoms with Crippen molar-refractivity contribution < 1.29 is 13.7 Å². The molecule has 6 heteroatoms. The van der Waals surface area contributed by atoms with E-state index in [-0.39, 0.29) is 12.1 Å². The standard InChI is InChI=1S/C14H20N2O3S/c1-19-12-7-4-3-6-11(12)14-15-10-13(17)16(14)8-5-9-20(2)18/h3-4,6-7,14-15H,5,8-10H2,1-2H3. The fourth-order valence-corrected chi connectivity index (χ4v) is 2.94. The molecule has 5 nitrogen and oxygen atoms in total.